The Labute approximate surface area is 161 Å². The highest BCUT2D eigenvalue weighted by atomic mass is 32.2. The molecule has 4 nitrogen and oxygen atoms in total. The predicted molar refractivity (Wildman–Crippen MR) is 108 cm³/mol. The summed E-state index contributed by atoms with van der Waals surface area (Å²) in [6, 6.07) is 21.9. The molecule has 2 amide bonds. The van der Waals surface area contributed by atoms with Crippen molar-refractivity contribution in [3.63, 3.8) is 0 Å². The summed E-state index contributed by atoms with van der Waals surface area (Å²) in [7, 11) is 1.49. The standard InChI is InChI=1S/C22H17NO3S/c1-23-21(24)20(27-22(23)25)13-15-6-4-10-18(12-15)26-14-17-9-5-8-16-7-2-3-11-19(16)17/h2-13H,14H2,1H3/b20-13+. The molecule has 0 unspecified atom stereocenters. The second-order valence-corrected chi connectivity index (χ2v) is 7.23. The molecule has 134 valence electrons. The molecule has 1 aliphatic heterocycles. The Balaban J connectivity index is 1.53. The maximum absolute atomic E-state index is 12.0. The monoisotopic (exact) mass is 375 g/mol. The third-order valence-electron chi connectivity index (χ3n) is 4.42. The molecule has 0 aliphatic carbocycles. The van der Waals surface area contributed by atoms with Gasteiger partial charge in [0.25, 0.3) is 11.1 Å². The van der Waals surface area contributed by atoms with Crippen LogP contribution in [-0.2, 0) is 11.4 Å². The average Bonchev–Trinajstić information content (AvgIpc) is 2.93. The highest BCUT2D eigenvalue weighted by molar-refractivity contribution is 8.18. The van der Waals surface area contributed by atoms with E-state index in [2.05, 4.69) is 24.3 Å². The zero-order valence-corrected chi connectivity index (χ0v) is 15.5. The number of hydrogen-bond acceptors (Lipinski definition) is 4. The minimum atomic E-state index is -0.271. The van der Waals surface area contributed by atoms with Crippen LogP contribution in [0.2, 0.25) is 0 Å². The predicted octanol–water partition coefficient (Wildman–Crippen LogP) is 5.08. The molecule has 5 heteroatoms. The van der Waals surface area contributed by atoms with Crippen molar-refractivity contribution in [2.24, 2.45) is 0 Å². The van der Waals surface area contributed by atoms with Crippen molar-refractivity contribution in [1.29, 1.82) is 0 Å². The van der Waals surface area contributed by atoms with Crippen LogP contribution < -0.4 is 4.74 Å². The summed E-state index contributed by atoms with van der Waals surface area (Å²) >= 11 is 0.952. The first-order chi connectivity index (χ1) is 13.1. The van der Waals surface area contributed by atoms with Gasteiger partial charge in [0.1, 0.15) is 12.4 Å². The van der Waals surface area contributed by atoms with Gasteiger partial charge in [0.05, 0.1) is 4.91 Å². The second kappa shape index (κ2) is 7.29. The number of thioether (sulfide) groups is 1. The number of rotatable bonds is 4. The third kappa shape index (κ3) is 3.59. The first-order valence-electron chi connectivity index (χ1n) is 8.53. The van der Waals surface area contributed by atoms with Crippen LogP contribution in [0.1, 0.15) is 11.1 Å². The van der Waals surface area contributed by atoms with Gasteiger partial charge in [-0.25, -0.2) is 0 Å². The number of benzene rings is 3. The zero-order valence-electron chi connectivity index (χ0n) is 14.7. The summed E-state index contributed by atoms with van der Waals surface area (Å²) in [4.78, 5) is 25.2. The maximum Gasteiger partial charge on any atom is 0.293 e. The van der Waals surface area contributed by atoms with Crippen LogP contribution in [-0.4, -0.2) is 23.1 Å². The zero-order chi connectivity index (χ0) is 18.8. The Morgan fingerprint density at radius 1 is 1.00 bits per heavy atom. The molecule has 1 fully saturated rings. The van der Waals surface area contributed by atoms with Gasteiger partial charge in [0, 0.05) is 7.05 Å². The molecule has 0 N–H and O–H groups in total. The summed E-state index contributed by atoms with van der Waals surface area (Å²) in [5.74, 6) is 0.444. The van der Waals surface area contributed by atoms with Gasteiger partial charge in [-0.05, 0) is 51.9 Å². The lowest BCUT2D eigenvalue weighted by atomic mass is 10.1. The lowest BCUT2D eigenvalue weighted by Gasteiger charge is -2.10. The van der Waals surface area contributed by atoms with Gasteiger partial charge < -0.3 is 4.74 Å². The van der Waals surface area contributed by atoms with E-state index in [-0.39, 0.29) is 11.1 Å². The van der Waals surface area contributed by atoms with Gasteiger partial charge in [0.15, 0.2) is 0 Å². The van der Waals surface area contributed by atoms with Crippen LogP contribution in [0.25, 0.3) is 16.8 Å². The largest absolute Gasteiger partial charge is 0.489 e. The van der Waals surface area contributed by atoms with Crippen molar-refractivity contribution in [3.8, 4) is 5.75 Å². The second-order valence-electron chi connectivity index (χ2n) is 6.24. The van der Waals surface area contributed by atoms with E-state index in [1.807, 2.05) is 42.5 Å². The molecule has 0 radical (unpaired) electrons. The first kappa shape index (κ1) is 17.4. The smallest absolute Gasteiger partial charge is 0.293 e. The van der Waals surface area contributed by atoms with Crippen LogP contribution in [0.3, 0.4) is 0 Å². The molecule has 0 spiro atoms. The Bertz CT molecular complexity index is 1070. The molecule has 0 aromatic heterocycles. The van der Waals surface area contributed by atoms with E-state index in [1.165, 1.54) is 17.8 Å². The molecular weight excluding hydrogens is 358 g/mol. The molecule has 0 saturated carbocycles. The molecule has 4 rings (SSSR count). The Morgan fingerprint density at radius 3 is 2.59 bits per heavy atom. The molecule has 27 heavy (non-hydrogen) atoms. The van der Waals surface area contributed by atoms with Gasteiger partial charge in [-0.1, -0.05) is 54.6 Å². The molecule has 0 bridgehead atoms. The fraction of sp³-hybridized carbons (Fsp3) is 0.0909. The Hall–Kier alpha value is -3.05. The molecular formula is C22H17NO3S. The summed E-state index contributed by atoms with van der Waals surface area (Å²) in [6.45, 7) is 0.455. The molecule has 3 aromatic rings. The van der Waals surface area contributed by atoms with Crippen molar-refractivity contribution < 1.29 is 14.3 Å². The number of hydrogen-bond donors (Lipinski definition) is 0. The molecule has 1 heterocycles. The van der Waals surface area contributed by atoms with Crippen LogP contribution >= 0.6 is 11.8 Å². The normalized spacial score (nSPS) is 15.7. The lowest BCUT2D eigenvalue weighted by molar-refractivity contribution is -0.121. The number of fused-ring (bicyclic) bond motifs is 1. The lowest BCUT2D eigenvalue weighted by Crippen LogP contribution is -2.22. The Morgan fingerprint density at radius 2 is 1.78 bits per heavy atom. The highest BCUT2D eigenvalue weighted by Crippen LogP contribution is 2.31. The van der Waals surface area contributed by atoms with Crippen molar-refractivity contribution in [1.82, 2.24) is 4.90 Å². The van der Waals surface area contributed by atoms with Crippen molar-refractivity contribution >= 4 is 39.8 Å². The Kier molecular flexibility index (Phi) is 4.69. The van der Waals surface area contributed by atoms with Gasteiger partial charge in [0.2, 0.25) is 0 Å². The van der Waals surface area contributed by atoms with E-state index in [0.29, 0.717) is 17.3 Å². The average molecular weight is 375 g/mol. The topological polar surface area (TPSA) is 46.6 Å². The number of imide groups is 1. The van der Waals surface area contributed by atoms with Crippen molar-refractivity contribution in [3.05, 3.63) is 82.8 Å². The minimum Gasteiger partial charge on any atom is -0.489 e. The molecule has 3 aromatic carbocycles. The van der Waals surface area contributed by atoms with Crippen LogP contribution in [0.5, 0.6) is 5.75 Å². The number of carbonyl (C=O) groups is 2. The van der Waals surface area contributed by atoms with Gasteiger partial charge in [-0.3, -0.25) is 14.5 Å². The quantitative estimate of drug-likeness (QED) is 0.596. The van der Waals surface area contributed by atoms with Gasteiger partial charge in [-0.15, -0.1) is 0 Å². The number of nitrogens with zero attached hydrogens (tertiary/aromatic N) is 1. The summed E-state index contributed by atoms with van der Waals surface area (Å²) < 4.78 is 5.98. The molecule has 1 aliphatic rings. The SMILES string of the molecule is CN1C(=O)S/C(=C/c2cccc(OCc3cccc4ccccc34)c2)C1=O. The molecule has 1 saturated heterocycles. The van der Waals surface area contributed by atoms with E-state index < -0.39 is 0 Å². The minimum absolute atomic E-state index is 0.255. The number of likely N-dealkylation sites (N-methyl/N-ethyl adjacent to an activating group) is 1. The third-order valence-corrected chi connectivity index (χ3v) is 5.38. The van der Waals surface area contributed by atoms with E-state index in [4.69, 9.17) is 4.74 Å². The fourth-order valence-electron chi connectivity index (χ4n) is 2.97. The van der Waals surface area contributed by atoms with Gasteiger partial charge >= 0.3 is 0 Å². The van der Waals surface area contributed by atoms with Gasteiger partial charge in [-0.2, -0.15) is 0 Å². The van der Waals surface area contributed by atoms with E-state index in [9.17, 15) is 9.59 Å². The summed E-state index contributed by atoms with van der Waals surface area (Å²) in [5, 5.41) is 2.10. The summed E-state index contributed by atoms with van der Waals surface area (Å²) in [6.07, 6.45) is 1.72. The number of carbonyl (C=O) groups excluding carboxylic acids is 2. The van der Waals surface area contributed by atoms with Crippen LogP contribution in [0.4, 0.5) is 4.79 Å². The number of ether oxygens (including phenoxy) is 1. The first-order valence-corrected chi connectivity index (χ1v) is 9.34. The number of amides is 2. The van der Waals surface area contributed by atoms with Crippen molar-refractivity contribution in [2.45, 2.75) is 6.61 Å². The van der Waals surface area contributed by atoms with E-state index in [0.717, 1.165) is 27.8 Å². The van der Waals surface area contributed by atoms with E-state index in [1.54, 1.807) is 6.08 Å². The van der Waals surface area contributed by atoms with Crippen molar-refractivity contribution in [2.75, 3.05) is 7.05 Å². The van der Waals surface area contributed by atoms with E-state index >= 15 is 0 Å². The molecule has 0 atom stereocenters. The highest BCUT2D eigenvalue weighted by Gasteiger charge is 2.31. The summed E-state index contributed by atoms with van der Waals surface area (Å²) in [5.41, 5.74) is 1.94. The van der Waals surface area contributed by atoms with Crippen LogP contribution in [0.15, 0.2) is 71.6 Å². The van der Waals surface area contributed by atoms with Crippen LogP contribution in [0, 0.1) is 0 Å². The maximum atomic E-state index is 12.0. The fourth-order valence-corrected chi connectivity index (χ4v) is 3.80.